The van der Waals surface area contributed by atoms with Crippen molar-refractivity contribution in [2.75, 3.05) is 0 Å². The topological polar surface area (TPSA) is 167 Å². The number of ether oxygens (including phenoxy) is 2. The van der Waals surface area contributed by atoms with E-state index in [9.17, 15) is 29.4 Å². The van der Waals surface area contributed by atoms with Crippen molar-refractivity contribution in [3.05, 3.63) is 132 Å². The van der Waals surface area contributed by atoms with Gasteiger partial charge in [-0.05, 0) is 65.6 Å². The third-order valence-corrected chi connectivity index (χ3v) is 7.53. The van der Waals surface area contributed by atoms with E-state index in [-0.39, 0.29) is 63.5 Å². The van der Waals surface area contributed by atoms with Crippen molar-refractivity contribution in [1.29, 1.82) is 0 Å². The van der Waals surface area contributed by atoms with Gasteiger partial charge in [0.25, 0.3) is 6.29 Å². The molecule has 0 radical (unpaired) electrons. The Morgan fingerprint density at radius 2 is 1.38 bits per heavy atom. The first-order valence-corrected chi connectivity index (χ1v) is 13.8. The van der Waals surface area contributed by atoms with Crippen LogP contribution in [0.5, 0.6) is 17.2 Å². The third kappa shape index (κ3) is 4.99. The monoisotopic (exact) mass is 606 g/mol. The number of hydrogen-bond donors (Lipinski definition) is 2. The zero-order valence-electron chi connectivity index (χ0n) is 23.5. The Bertz CT molecular complexity index is 2360. The molecule has 11 heteroatoms. The maximum Gasteiger partial charge on any atom is 0.339 e. The van der Waals surface area contributed by atoms with Gasteiger partial charge in [0.1, 0.15) is 28.4 Å². The second-order valence-electron chi connectivity index (χ2n) is 10.6. The van der Waals surface area contributed by atoms with E-state index in [2.05, 4.69) is 0 Å². The number of hydrogen-bond acceptors (Lipinski definition) is 11. The molecule has 11 nitrogen and oxygen atoms in total. The van der Waals surface area contributed by atoms with Gasteiger partial charge in [-0.25, -0.2) is 14.4 Å². The van der Waals surface area contributed by atoms with Gasteiger partial charge in [0.05, 0.1) is 21.9 Å². The lowest BCUT2D eigenvalue weighted by Gasteiger charge is -2.27. The Balaban J connectivity index is 1.33. The first kappa shape index (κ1) is 27.7. The molecule has 1 unspecified atom stereocenters. The zero-order valence-corrected chi connectivity index (χ0v) is 23.5. The highest BCUT2D eigenvalue weighted by molar-refractivity contribution is 5.87. The summed E-state index contributed by atoms with van der Waals surface area (Å²) in [4.78, 5) is 49.9. The predicted octanol–water partition coefficient (Wildman–Crippen LogP) is 5.07. The van der Waals surface area contributed by atoms with Gasteiger partial charge in [-0.1, -0.05) is 18.2 Å². The van der Waals surface area contributed by atoms with E-state index >= 15 is 0 Å². The van der Waals surface area contributed by atoms with Crippen LogP contribution in [0.4, 0.5) is 0 Å². The average molecular weight is 607 g/mol. The zero-order chi connectivity index (χ0) is 31.4. The van der Waals surface area contributed by atoms with Crippen molar-refractivity contribution >= 4 is 27.9 Å². The fourth-order valence-electron chi connectivity index (χ4n) is 5.69. The summed E-state index contributed by atoms with van der Waals surface area (Å²) in [5.74, 6) is -0.416. The summed E-state index contributed by atoms with van der Waals surface area (Å²) in [6.07, 6.45) is -1.14. The maximum atomic E-state index is 13.4. The molecule has 0 spiro atoms. The SMILES string of the molecule is CC(=O)OC1Oc2ccc(Cc3cc(=O)oc4cccc(O)c34)cc2-c2oc(=O)c(Cc3cc(=O)oc4cccc(O)c34)cc21. The molecule has 0 saturated heterocycles. The van der Waals surface area contributed by atoms with Crippen molar-refractivity contribution in [2.45, 2.75) is 26.1 Å². The minimum absolute atomic E-state index is 0.0436. The van der Waals surface area contributed by atoms with Crippen LogP contribution in [-0.2, 0) is 22.4 Å². The molecular weight excluding hydrogens is 584 g/mol. The van der Waals surface area contributed by atoms with Crippen LogP contribution in [-0.4, -0.2) is 16.2 Å². The van der Waals surface area contributed by atoms with Crippen LogP contribution >= 0.6 is 0 Å². The second kappa shape index (κ2) is 10.6. The summed E-state index contributed by atoms with van der Waals surface area (Å²) in [6, 6.07) is 18.2. The Morgan fingerprint density at radius 3 is 2.00 bits per heavy atom. The van der Waals surface area contributed by atoms with Gasteiger partial charge >= 0.3 is 22.8 Å². The number of fused-ring (bicyclic) bond motifs is 5. The molecule has 1 atom stereocenters. The fraction of sp³-hybridized carbons (Fsp3) is 0.118. The van der Waals surface area contributed by atoms with E-state index in [1.807, 2.05) is 0 Å². The van der Waals surface area contributed by atoms with Gasteiger partial charge in [-0.3, -0.25) is 4.79 Å². The number of phenols is 2. The molecule has 3 aromatic heterocycles. The molecule has 224 valence electrons. The molecule has 2 N–H and O–H groups in total. The van der Waals surface area contributed by atoms with Gasteiger partial charge in [-0.2, -0.15) is 0 Å². The summed E-state index contributed by atoms with van der Waals surface area (Å²) in [5, 5.41) is 21.6. The smallest absolute Gasteiger partial charge is 0.339 e. The van der Waals surface area contributed by atoms with Crippen LogP contribution in [0.15, 0.2) is 100 Å². The molecule has 0 saturated carbocycles. The maximum absolute atomic E-state index is 13.4. The largest absolute Gasteiger partial charge is 0.507 e. The number of carbonyl (C=O) groups excluding carboxylic acids is 1. The van der Waals surface area contributed by atoms with Crippen LogP contribution in [0, 0.1) is 0 Å². The molecule has 1 aliphatic rings. The lowest BCUT2D eigenvalue weighted by Crippen LogP contribution is -2.22. The standard InChI is InChI=1S/C34H22O11/c1-16(35)41-34-22-13-20(12-19-15-29(39)43-27-7-3-5-24(37)31(19)27)33(40)45-32(22)21-11-17(8-9-25(21)44-34)10-18-14-28(38)42-26-6-2-4-23(36)30(18)26/h2-9,11,13-15,34,36-37H,10,12H2,1H3. The van der Waals surface area contributed by atoms with Gasteiger partial charge in [0.2, 0.25) is 0 Å². The molecule has 4 heterocycles. The summed E-state index contributed by atoms with van der Waals surface area (Å²) in [7, 11) is 0. The van der Waals surface area contributed by atoms with E-state index < -0.39 is 29.1 Å². The van der Waals surface area contributed by atoms with Gasteiger partial charge in [-0.15, -0.1) is 0 Å². The highest BCUT2D eigenvalue weighted by Gasteiger charge is 2.32. The van der Waals surface area contributed by atoms with Gasteiger partial charge in [0.15, 0.2) is 5.76 Å². The highest BCUT2D eigenvalue weighted by Crippen LogP contribution is 2.44. The quantitative estimate of drug-likeness (QED) is 0.199. The van der Waals surface area contributed by atoms with E-state index in [1.54, 1.807) is 30.3 Å². The second-order valence-corrected chi connectivity index (χ2v) is 10.6. The van der Waals surface area contributed by atoms with Crippen molar-refractivity contribution in [3.63, 3.8) is 0 Å². The minimum Gasteiger partial charge on any atom is -0.507 e. The summed E-state index contributed by atoms with van der Waals surface area (Å²) in [6.45, 7) is 1.22. The Labute approximate surface area is 252 Å². The normalized spacial score (nSPS) is 13.7. The number of rotatable bonds is 5. The summed E-state index contributed by atoms with van der Waals surface area (Å²) >= 11 is 0. The van der Waals surface area contributed by atoms with Crippen molar-refractivity contribution in [1.82, 2.24) is 0 Å². The molecule has 0 amide bonds. The molecule has 1 aliphatic heterocycles. The molecule has 6 aromatic rings. The molecule has 0 fully saturated rings. The Kier molecular flexibility index (Phi) is 6.51. The molecular formula is C34H22O11. The third-order valence-electron chi connectivity index (χ3n) is 7.53. The van der Waals surface area contributed by atoms with Crippen molar-refractivity contribution in [2.24, 2.45) is 0 Å². The van der Waals surface area contributed by atoms with E-state index in [4.69, 9.17) is 22.7 Å². The highest BCUT2D eigenvalue weighted by atomic mass is 16.7. The first-order chi connectivity index (χ1) is 21.6. The lowest BCUT2D eigenvalue weighted by atomic mass is 9.95. The van der Waals surface area contributed by atoms with Crippen molar-refractivity contribution in [3.8, 4) is 28.6 Å². The van der Waals surface area contributed by atoms with E-state index in [0.29, 0.717) is 27.6 Å². The van der Waals surface area contributed by atoms with Crippen LogP contribution in [0.25, 0.3) is 33.3 Å². The number of carbonyl (C=O) groups is 1. The average Bonchev–Trinajstić information content (AvgIpc) is 2.97. The number of phenolic OH excluding ortho intramolecular Hbond substituents is 2. The van der Waals surface area contributed by atoms with Crippen molar-refractivity contribution < 1.29 is 37.7 Å². The predicted molar refractivity (Wildman–Crippen MR) is 159 cm³/mol. The van der Waals surface area contributed by atoms with E-state index in [1.165, 1.54) is 49.4 Å². The molecule has 3 aromatic carbocycles. The van der Waals surface area contributed by atoms with Crippen LogP contribution < -0.4 is 21.6 Å². The Morgan fingerprint density at radius 1 is 0.756 bits per heavy atom. The van der Waals surface area contributed by atoms with Gasteiger partial charge in [0, 0.05) is 31.0 Å². The molecule has 0 bridgehead atoms. The van der Waals surface area contributed by atoms with E-state index in [0.717, 1.165) is 0 Å². The van der Waals surface area contributed by atoms with Crippen LogP contribution in [0.2, 0.25) is 0 Å². The Hall–Kier alpha value is -6.10. The first-order valence-electron chi connectivity index (χ1n) is 13.8. The number of aromatic hydroxyl groups is 2. The number of benzene rings is 3. The molecule has 45 heavy (non-hydrogen) atoms. The summed E-state index contributed by atoms with van der Waals surface area (Å²) < 4.78 is 27.7. The van der Waals surface area contributed by atoms with Gasteiger partial charge < -0.3 is 32.9 Å². The lowest BCUT2D eigenvalue weighted by molar-refractivity contribution is -0.162. The summed E-state index contributed by atoms with van der Waals surface area (Å²) in [5.41, 5.74) is 0.743. The molecule has 0 aliphatic carbocycles. The molecule has 7 rings (SSSR count). The fourth-order valence-corrected chi connectivity index (χ4v) is 5.69. The van der Waals surface area contributed by atoms with Crippen LogP contribution in [0.1, 0.15) is 41.0 Å². The van der Waals surface area contributed by atoms with Crippen LogP contribution in [0.3, 0.4) is 0 Å². The minimum atomic E-state index is -1.25. The number of esters is 1.